The predicted molar refractivity (Wildman–Crippen MR) is 183 cm³/mol. The molecule has 0 bridgehead atoms. The average Bonchev–Trinajstić information content (AvgIpc) is 3.41. The van der Waals surface area contributed by atoms with E-state index in [1.165, 1.54) is 0 Å². The first kappa shape index (κ1) is 36.1. The highest BCUT2D eigenvalue weighted by molar-refractivity contribution is 6.35. The Morgan fingerprint density at radius 2 is 1.79 bits per heavy atom. The highest BCUT2D eigenvalue weighted by atomic mass is 35.5. The van der Waals surface area contributed by atoms with Crippen LogP contribution >= 0.6 is 23.2 Å². The van der Waals surface area contributed by atoms with Gasteiger partial charge in [0, 0.05) is 47.2 Å². The fourth-order valence-electron chi connectivity index (χ4n) is 5.22. The molecular formula is C36H42Cl2N2O7. The van der Waals surface area contributed by atoms with Crippen LogP contribution < -0.4 is 14.8 Å². The van der Waals surface area contributed by atoms with E-state index in [1.54, 1.807) is 63.2 Å². The Bertz CT molecular complexity index is 1560. The average molecular weight is 686 g/mol. The Morgan fingerprint density at radius 3 is 2.47 bits per heavy atom. The second-order valence-corrected chi connectivity index (χ2v) is 12.9. The molecule has 0 aliphatic carbocycles. The van der Waals surface area contributed by atoms with Crippen LogP contribution in [0.4, 0.5) is 0 Å². The van der Waals surface area contributed by atoms with Gasteiger partial charge in [0.25, 0.3) is 5.91 Å². The molecule has 0 unspecified atom stereocenters. The van der Waals surface area contributed by atoms with Crippen LogP contribution in [0.25, 0.3) is 0 Å². The van der Waals surface area contributed by atoms with Gasteiger partial charge >= 0.3 is 5.97 Å². The summed E-state index contributed by atoms with van der Waals surface area (Å²) in [6, 6.07) is 19.7. The van der Waals surface area contributed by atoms with Crippen molar-refractivity contribution in [2.75, 3.05) is 26.4 Å². The van der Waals surface area contributed by atoms with E-state index in [4.69, 9.17) is 52.2 Å². The minimum atomic E-state index is -1.58. The smallest absolute Gasteiger partial charge is 0.306 e. The number of aliphatic hydroxyl groups excluding tert-OH is 1. The maximum absolute atomic E-state index is 14.4. The van der Waals surface area contributed by atoms with Gasteiger partial charge in [-0.05, 0) is 88.6 Å². The number of nitrogens with one attached hydrogen (secondary N) is 1. The van der Waals surface area contributed by atoms with E-state index in [9.17, 15) is 9.59 Å². The molecule has 2 atom stereocenters. The first-order valence-corrected chi connectivity index (χ1v) is 16.5. The monoisotopic (exact) mass is 684 g/mol. The largest absolute Gasteiger partial charge is 0.494 e. The van der Waals surface area contributed by atoms with Crippen molar-refractivity contribution in [1.82, 2.24) is 5.32 Å². The standard InChI is InChI=1S/C36H42Cl2N2O7/c1-5-44-30-10-7-6-9-24(30)18-20-39-34(43)36(19-17-31(42)47-35(2,3)4)32(28-16-13-26(37)23-29(28)38)46-33(40-36)25-11-14-27(15-12-25)45-22-8-21-41/h6-7,9-16,23,32,41H,5,8,17-22H2,1-4H3,(H,39,43)/t32-,36-/m1/s1. The Kier molecular flexibility index (Phi) is 12.5. The van der Waals surface area contributed by atoms with E-state index in [0.717, 1.165) is 11.3 Å². The lowest BCUT2D eigenvalue weighted by Crippen LogP contribution is -2.49. The molecule has 4 rings (SSSR count). The predicted octanol–water partition coefficient (Wildman–Crippen LogP) is 6.89. The lowest BCUT2D eigenvalue weighted by Gasteiger charge is -2.31. The Morgan fingerprint density at radius 1 is 1.04 bits per heavy atom. The first-order valence-electron chi connectivity index (χ1n) is 15.7. The third kappa shape index (κ3) is 9.62. The van der Waals surface area contributed by atoms with E-state index in [0.29, 0.717) is 53.0 Å². The lowest BCUT2D eigenvalue weighted by atomic mass is 9.83. The maximum Gasteiger partial charge on any atom is 0.306 e. The van der Waals surface area contributed by atoms with E-state index in [2.05, 4.69) is 5.32 Å². The number of esters is 1. The second kappa shape index (κ2) is 16.4. The molecule has 0 fully saturated rings. The van der Waals surface area contributed by atoms with Crippen LogP contribution in [0.5, 0.6) is 11.5 Å². The summed E-state index contributed by atoms with van der Waals surface area (Å²) in [5.41, 5.74) is -0.240. The number of nitrogens with zero attached hydrogens (tertiary/aromatic N) is 1. The van der Waals surface area contributed by atoms with Crippen LogP contribution in [0.15, 0.2) is 71.7 Å². The molecule has 1 aliphatic rings. The van der Waals surface area contributed by atoms with Gasteiger partial charge in [-0.1, -0.05) is 47.5 Å². The van der Waals surface area contributed by atoms with Crippen molar-refractivity contribution in [2.45, 2.75) is 70.6 Å². The van der Waals surface area contributed by atoms with Crippen molar-refractivity contribution in [3.8, 4) is 11.5 Å². The molecule has 1 amide bonds. The van der Waals surface area contributed by atoms with Crippen molar-refractivity contribution in [1.29, 1.82) is 0 Å². The summed E-state index contributed by atoms with van der Waals surface area (Å²) in [5, 5.41) is 12.8. The first-order chi connectivity index (χ1) is 22.5. The number of para-hydroxylation sites is 1. The van der Waals surface area contributed by atoms with E-state index in [1.807, 2.05) is 31.2 Å². The zero-order chi connectivity index (χ0) is 34.0. The second-order valence-electron chi connectivity index (χ2n) is 12.1. The number of amides is 1. The number of aliphatic hydroxyl groups is 1. The number of rotatable bonds is 15. The summed E-state index contributed by atoms with van der Waals surface area (Å²) >= 11 is 12.9. The van der Waals surface area contributed by atoms with Gasteiger partial charge in [0.15, 0.2) is 11.6 Å². The minimum Gasteiger partial charge on any atom is -0.494 e. The molecule has 252 valence electrons. The van der Waals surface area contributed by atoms with E-state index in [-0.39, 0.29) is 31.9 Å². The van der Waals surface area contributed by atoms with Crippen LogP contribution in [-0.4, -0.2) is 60.4 Å². The quantitative estimate of drug-likeness (QED) is 0.132. The van der Waals surface area contributed by atoms with Gasteiger partial charge in [-0.3, -0.25) is 9.59 Å². The fraction of sp³-hybridized carbons (Fsp3) is 0.417. The molecule has 3 aromatic carbocycles. The van der Waals surface area contributed by atoms with Crippen molar-refractivity contribution >= 4 is 41.0 Å². The third-order valence-electron chi connectivity index (χ3n) is 7.36. The molecule has 0 radical (unpaired) electrons. The third-order valence-corrected chi connectivity index (χ3v) is 7.92. The molecule has 9 nitrogen and oxygen atoms in total. The molecule has 2 N–H and O–H groups in total. The van der Waals surface area contributed by atoms with Gasteiger partial charge in [0.05, 0.1) is 13.2 Å². The van der Waals surface area contributed by atoms with Crippen molar-refractivity contribution < 1.29 is 33.6 Å². The summed E-state index contributed by atoms with van der Waals surface area (Å²) in [4.78, 5) is 32.4. The van der Waals surface area contributed by atoms with Gasteiger partial charge in [-0.15, -0.1) is 0 Å². The highest BCUT2D eigenvalue weighted by Crippen LogP contribution is 2.46. The van der Waals surface area contributed by atoms with Gasteiger partial charge in [-0.2, -0.15) is 0 Å². The molecular weight excluding hydrogens is 643 g/mol. The molecule has 3 aromatic rings. The molecule has 1 aliphatic heterocycles. The Labute approximate surface area is 286 Å². The van der Waals surface area contributed by atoms with Gasteiger partial charge in [0.2, 0.25) is 5.90 Å². The maximum atomic E-state index is 14.4. The molecule has 0 spiro atoms. The highest BCUT2D eigenvalue weighted by Gasteiger charge is 2.54. The number of hydrogen-bond acceptors (Lipinski definition) is 8. The number of benzene rings is 3. The topological polar surface area (TPSA) is 116 Å². The van der Waals surface area contributed by atoms with Gasteiger partial charge < -0.3 is 29.4 Å². The Balaban J connectivity index is 1.71. The number of ether oxygens (including phenoxy) is 4. The number of carbonyl (C=O) groups is 2. The van der Waals surface area contributed by atoms with Crippen molar-refractivity contribution in [3.05, 3.63) is 93.5 Å². The van der Waals surface area contributed by atoms with Crippen LogP contribution in [0.1, 0.15) is 69.8 Å². The summed E-state index contributed by atoms with van der Waals surface area (Å²) < 4.78 is 23.5. The normalized spacial score (nSPS) is 17.4. The minimum absolute atomic E-state index is 0.0151. The summed E-state index contributed by atoms with van der Waals surface area (Å²) in [6.45, 7) is 8.48. The van der Waals surface area contributed by atoms with E-state index < -0.39 is 29.1 Å². The molecule has 47 heavy (non-hydrogen) atoms. The number of hydrogen-bond donors (Lipinski definition) is 2. The van der Waals surface area contributed by atoms with Crippen molar-refractivity contribution in [2.24, 2.45) is 4.99 Å². The van der Waals surface area contributed by atoms with Gasteiger partial charge in [0.1, 0.15) is 17.1 Å². The van der Waals surface area contributed by atoms with Crippen molar-refractivity contribution in [3.63, 3.8) is 0 Å². The van der Waals surface area contributed by atoms with Crippen LogP contribution in [0.3, 0.4) is 0 Å². The summed E-state index contributed by atoms with van der Waals surface area (Å²) in [6.07, 6.45) is -0.0872. The zero-order valence-corrected chi connectivity index (χ0v) is 28.7. The summed E-state index contributed by atoms with van der Waals surface area (Å²) in [5.74, 6) is 0.681. The molecule has 0 saturated heterocycles. The molecule has 0 aromatic heterocycles. The molecule has 1 heterocycles. The summed E-state index contributed by atoms with van der Waals surface area (Å²) in [7, 11) is 0. The fourth-order valence-corrected chi connectivity index (χ4v) is 5.72. The number of halogens is 2. The zero-order valence-electron chi connectivity index (χ0n) is 27.2. The Hall–Kier alpha value is -3.79. The van der Waals surface area contributed by atoms with Crippen LogP contribution in [-0.2, 0) is 25.5 Å². The van der Waals surface area contributed by atoms with Crippen LogP contribution in [0.2, 0.25) is 10.0 Å². The van der Waals surface area contributed by atoms with E-state index >= 15 is 0 Å². The molecule has 11 heteroatoms. The SMILES string of the molecule is CCOc1ccccc1CCNC(=O)[C@]1(CCC(=O)OC(C)(C)C)N=C(c2ccc(OCCCO)cc2)O[C@@H]1c1ccc(Cl)cc1Cl. The molecule has 0 saturated carbocycles. The van der Waals surface area contributed by atoms with Gasteiger partial charge in [-0.25, -0.2) is 4.99 Å². The lowest BCUT2D eigenvalue weighted by molar-refractivity contribution is -0.155. The number of aliphatic imine (C=N–C) groups is 1. The van der Waals surface area contributed by atoms with Crippen LogP contribution in [0, 0.1) is 0 Å². The number of carbonyl (C=O) groups excluding carboxylic acids is 2.